The maximum Gasteiger partial charge on any atom is 0.146 e. The summed E-state index contributed by atoms with van der Waals surface area (Å²) in [6.45, 7) is 2.20. The molecule has 0 aromatic rings. The average molecular weight is 218 g/mol. The Kier molecular flexibility index (Phi) is 6.23. The number of hydrogen-bond acceptors (Lipinski definition) is 4. The quantitative estimate of drug-likeness (QED) is 0.604. The van der Waals surface area contributed by atoms with Crippen molar-refractivity contribution in [2.45, 2.75) is 12.8 Å². The summed E-state index contributed by atoms with van der Waals surface area (Å²) in [4.78, 5) is 11.2. The second kappa shape index (κ2) is 7.26. The molecule has 0 N–H and O–H groups in total. The van der Waals surface area contributed by atoms with E-state index < -0.39 is 0 Å². The van der Waals surface area contributed by atoms with Gasteiger partial charge in [-0.25, -0.2) is 0 Å². The normalized spacial score (nSPS) is 21.8. The largest absolute Gasteiger partial charge is 0.385 e. The van der Waals surface area contributed by atoms with E-state index >= 15 is 0 Å². The first-order valence-electron chi connectivity index (χ1n) is 5.01. The number of thioether (sulfide) groups is 1. The number of carbonyl (C=O) groups is 1. The van der Waals surface area contributed by atoms with E-state index in [4.69, 9.17) is 9.47 Å². The molecule has 14 heavy (non-hydrogen) atoms. The molecule has 0 spiro atoms. The van der Waals surface area contributed by atoms with Gasteiger partial charge in [-0.1, -0.05) is 0 Å². The van der Waals surface area contributed by atoms with Crippen LogP contribution in [0.4, 0.5) is 0 Å². The minimum Gasteiger partial charge on any atom is -0.385 e. The highest BCUT2D eigenvalue weighted by Crippen LogP contribution is 2.22. The van der Waals surface area contributed by atoms with Crippen molar-refractivity contribution in [1.82, 2.24) is 0 Å². The van der Waals surface area contributed by atoms with Crippen LogP contribution in [0.25, 0.3) is 0 Å². The highest BCUT2D eigenvalue weighted by molar-refractivity contribution is 8.00. The fourth-order valence-electron chi connectivity index (χ4n) is 1.39. The molecule has 0 amide bonds. The number of ketones is 1. The van der Waals surface area contributed by atoms with Gasteiger partial charge in [-0.3, -0.25) is 4.79 Å². The molecule has 0 saturated carbocycles. The summed E-state index contributed by atoms with van der Waals surface area (Å²) < 4.78 is 10.3. The van der Waals surface area contributed by atoms with Gasteiger partial charge in [0.05, 0.1) is 5.75 Å². The first-order chi connectivity index (χ1) is 6.84. The first-order valence-corrected chi connectivity index (χ1v) is 6.17. The van der Waals surface area contributed by atoms with E-state index in [0.29, 0.717) is 18.1 Å². The number of methoxy groups -OCH3 is 1. The molecule has 0 aromatic heterocycles. The van der Waals surface area contributed by atoms with Gasteiger partial charge in [0, 0.05) is 38.6 Å². The second-order valence-electron chi connectivity index (χ2n) is 3.43. The van der Waals surface area contributed by atoms with Crippen LogP contribution in [0.5, 0.6) is 0 Å². The number of Topliss-reactive ketones (excluding diaryl/α,β-unsaturated/α-hetero) is 1. The van der Waals surface area contributed by atoms with Gasteiger partial charge in [0.15, 0.2) is 0 Å². The number of carbonyl (C=O) groups excluding carboxylic acids is 1. The predicted octanol–water partition coefficient (Wildman–Crippen LogP) is 1.36. The van der Waals surface area contributed by atoms with Crippen molar-refractivity contribution in [1.29, 1.82) is 0 Å². The summed E-state index contributed by atoms with van der Waals surface area (Å²) in [5.74, 6) is 2.34. The summed E-state index contributed by atoms with van der Waals surface area (Å²) in [5, 5.41) is 0. The molecule has 4 heteroatoms. The van der Waals surface area contributed by atoms with Gasteiger partial charge >= 0.3 is 0 Å². The Balaban J connectivity index is 1.90. The van der Waals surface area contributed by atoms with Gasteiger partial charge < -0.3 is 9.47 Å². The van der Waals surface area contributed by atoms with Crippen molar-refractivity contribution in [2.24, 2.45) is 5.92 Å². The molecule has 0 aromatic carbocycles. The molecule has 82 valence electrons. The van der Waals surface area contributed by atoms with E-state index in [1.807, 2.05) is 0 Å². The van der Waals surface area contributed by atoms with Crippen molar-refractivity contribution in [3.8, 4) is 0 Å². The summed E-state index contributed by atoms with van der Waals surface area (Å²) >= 11 is 1.74. The molecule has 0 aliphatic carbocycles. The summed E-state index contributed by atoms with van der Waals surface area (Å²) in [5.41, 5.74) is 0. The third-order valence-corrected chi connectivity index (χ3v) is 3.39. The van der Waals surface area contributed by atoms with Crippen LogP contribution in [0.2, 0.25) is 0 Å². The van der Waals surface area contributed by atoms with Crippen molar-refractivity contribution in [3.63, 3.8) is 0 Å². The van der Waals surface area contributed by atoms with E-state index in [1.165, 1.54) is 0 Å². The fourth-order valence-corrected chi connectivity index (χ4v) is 2.58. The van der Waals surface area contributed by atoms with Crippen LogP contribution in [0.15, 0.2) is 0 Å². The highest BCUT2D eigenvalue weighted by atomic mass is 32.2. The van der Waals surface area contributed by atoms with E-state index in [1.54, 1.807) is 18.9 Å². The Hall–Kier alpha value is -0.0600. The maximum absolute atomic E-state index is 11.2. The Morgan fingerprint density at radius 3 is 2.93 bits per heavy atom. The molecule has 1 atom stereocenters. The summed E-state index contributed by atoms with van der Waals surface area (Å²) in [6.07, 6.45) is 1.82. The van der Waals surface area contributed by atoms with Gasteiger partial charge in [-0.15, -0.1) is 0 Å². The minimum atomic E-state index is 0.252. The summed E-state index contributed by atoms with van der Waals surface area (Å²) in [6, 6.07) is 0. The van der Waals surface area contributed by atoms with Crippen LogP contribution < -0.4 is 0 Å². The molecular weight excluding hydrogens is 200 g/mol. The zero-order valence-electron chi connectivity index (χ0n) is 8.66. The van der Waals surface area contributed by atoms with Gasteiger partial charge in [-0.05, 0) is 12.8 Å². The lowest BCUT2D eigenvalue weighted by atomic mass is 10.1. The molecule has 1 aliphatic rings. The molecule has 1 rings (SSSR count). The van der Waals surface area contributed by atoms with Crippen molar-refractivity contribution < 1.29 is 14.3 Å². The van der Waals surface area contributed by atoms with Crippen LogP contribution in [-0.2, 0) is 14.3 Å². The standard InChI is InChI=1S/C10H18O3S/c1-12-4-2-5-13-6-3-9-7-14-8-10(9)11/h9H,2-8H2,1H3. The van der Waals surface area contributed by atoms with Crippen molar-refractivity contribution in [3.05, 3.63) is 0 Å². The lowest BCUT2D eigenvalue weighted by molar-refractivity contribution is -0.119. The van der Waals surface area contributed by atoms with Crippen LogP contribution in [0.3, 0.4) is 0 Å². The lowest BCUT2D eigenvalue weighted by Crippen LogP contribution is -2.14. The van der Waals surface area contributed by atoms with E-state index in [0.717, 1.165) is 31.8 Å². The topological polar surface area (TPSA) is 35.5 Å². The third-order valence-electron chi connectivity index (χ3n) is 2.27. The Morgan fingerprint density at radius 1 is 1.43 bits per heavy atom. The fraction of sp³-hybridized carbons (Fsp3) is 0.900. The highest BCUT2D eigenvalue weighted by Gasteiger charge is 2.24. The van der Waals surface area contributed by atoms with Gasteiger partial charge in [0.2, 0.25) is 0 Å². The molecular formula is C10H18O3S. The number of rotatable bonds is 7. The van der Waals surface area contributed by atoms with Crippen LogP contribution in [-0.4, -0.2) is 44.2 Å². The zero-order chi connectivity index (χ0) is 10.2. The van der Waals surface area contributed by atoms with E-state index in [9.17, 15) is 4.79 Å². The van der Waals surface area contributed by atoms with Crippen LogP contribution in [0.1, 0.15) is 12.8 Å². The molecule has 3 nitrogen and oxygen atoms in total. The van der Waals surface area contributed by atoms with Crippen LogP contribution in [0, 0.1) is 5.92 Å². The molecule has 1 saturated heterocycles. The van der Waals surface area contributed by atoms with Gasteiger partial charge in [-0.2, -0.15) is 11.8 Å². The van der Waals surface area contributed by atoms with Gasteiger partial charge in [0.1, 0.15) is 5.78 Å². The zero-order valence-corrected chi connectivity index (χ0v) is 9.48. The van der Waals surface area contributed by atoms with E-state index in [-0.39, 0.29) is 5.92 Å². The lowest BCUT2D eigenvalue weighted by Gasteiger charge is -2.07. The third kappa shape index (κ3) is 4.44. The molecule has 1 unspecified atom stereocenters. The Labute approximate surface area is 89.5 Å². The average Bonchev–Trinajstić information content (AvgIpc) is 2.58. The molecule has 1 heterocycles. The Bertz CT molecular complexity index is 173. The Morgan fingerprint density at radius 2 is 2.29 bits per heavy atom. The van der Waals surface area contributed by atoms with E-state index in [2.05, 4.69) is 0 Å². The first kappa shape index (κ1) is 12.0. The predicted molar refractivity (Wildman–Crippen MR) is 57.8 cm³/mol. The van der Waals surface area contributed by atoms with Crippen LogP contribution >= 0.6 is 11.8 Å². The van der Waals surface area contributed by atoms with Gasteiger partial charge in [0.25, 0.3) is 0 Å². The molecule has 0 radical (unpaired) electrons. The maximum atomic E-state index is 11.2. The molecule has 0 bridgehead atoms. The van der Waals surface area contributed by atoms with Crippen molar-refractivity contribution in [2.75, 3.05) is 38.4 Å². The number of hydrogen-bond donors (Lipinski definition) is 0. The number of ether oxygens (including phenoxy) is 2. The van der Waals surface area contributed by atoms with Crippen molar-refractivity contribution >= 4 is 17.5 Å². The minimum absolute atomic E-state index is 0.252. The SMILES string of the molecule is COCCCOCCC1CSCC1=O. The monoisotopic (exact) mass is 218 g/mol. The second-order valence-corrected chi connectivity index (χ2v) is 4.46. The summed E-state index contributed by atoms with van der Waals surface area (Å²) in [7, 11) is 1.69. The molecule has 1 aliphatic heterocycles. The molecule has 1 fully saturated rings. The smallest absolute Gasteiger partial charge is 0.146 e.